The lowest BCUT2D eigenvalue weighted by molar-refractivity contribution is -0.120. The molecular formula is C23H22N2O3. The van der Waals surface area contributed by atoms with Crippen molar-refractivity contribution >= 4 is 17.5 Å². The Morgan fingerprint density at radius 1 is 0.929 bits per heavy atom. The monoisotopic (exact) mass is 374 g/mol. The summed E-state index contributed by atoms with van der Waals surface area (Å²) in [4.78, 5) is 25.8. The number of anilines is 1. The number of primary amides is 1. The van der Waals surface area contributed by atoms with Gasteiger partial charge in [0.15, 0.2) is 6.61 Å². The van der Waals surface area contributed by atoms with Gasteiger partial charge in [0.25, 0.3) is 5.91 Å². The van der Waals surface area contributed by atoms with E-state index in [9.17, 15) is 9.59 Å². The van der Waals surface area contributed by atoms with Gasteiger partial charge in [-0.05, 0) is 54.4 Å². The average molecular weight is 374 g/mol. The second kappa shape index (κ2) is 8.86. The number of aryl methyl sites for hydroxylation is 1. The first kappa shape index (κ1) is 19.2. The van der Waals surface area contributed by atoms with Gasteiger partial charge in [0.05, 0.1) is 6.54 Å². The second-order valence-corrected chi connectivity index (χ2v) is 6.48. The summed E-state index contributed by atoms with van der Waals surface area (Å²) in [6.45, 7) is 2.33. The van der Waals surface area contributed by atoms with Crippen LogP contribution in [0, 0.1) is 6.92 Å². The fraction of sp³-hybridized carbons (Fsp3) is 0.130. The van der Waals surface area contributed by atoms with Gasteiger partial charge < -0.3 is 15.4 Å². The number of benzene rings is 3. The molecule has 3 rings (SSSR count). The Morgan fingerprint density at radius 3 is 2.29 bits per heavy atom. The minimum atomic E-state index is -0.504. The maximum atomic E-state index is 12.9. The van der Waals surface area contributed by atoms with Crippen LogP contribution in [-0.4, -0.2) is 18.4 Å². The Bertz CT molecular complexity index is 953. The highest BCUT2D eigenvalue weighted by atomic mass is 16.5. The fourth-order valence-corrected chi connectivity index (χ4v) is 2.82. The van der Waals surface area contributed by atoms with Gasteiger partial charge >= 0.3 is 0 Å². The molecule has 0 aliphatic heterocycles. The molecule has 3 aromatic rings. The van der Waals surface area contributed by atoms with E-state index in [-0.39, 0.29) is 12.5 Å². The first-order chi connectivity index (χ1) is 13.5. The van der Waals surface area contributed by atoms with Crippen molar-refractivity contribution in [3.8, 4) is 5.75 Å². The van der Waals surface area contributed by atoms with E-state index in [4.69, 9.17) is 10.5 Å². The van der Waals surface area contributed by atoms with Crippen LogP contribution in [0.3, 0.4) is 0 Å². The van der Waals surface area contributed by atoms with Crippen LogP contribution in [0.4, 0.5) is 5.69 Å². The molecule has 3 aromatic carbocycles. The largest absolute Gasteiger partial charge is 0.484 e. The van der Waals surface area contributed by atoms with Gasteiger partial charge in [0, 0.05) is 11.3 Å². The topological polar surface area (TPSA) is 72.6 Å². The number of nitrogens with zero attached hydrogens (tertiary/aromatic N) is 1. The summed E-state index contributed by atoms with van der Waals surface area (Å²) in [5.74, 6) is -0.160. The third-order valence-corrected chi connectivity index (χ3v) is 4.30. The summed E-state index contributed by atoms with van der Waals surface area (Å²) in [7, 11) is 0. The lowest BCUT2D eigenvalue weighted by atomic mass is 10.1. The number of nitrogens with two attached hydrogens (primary N) is 1. The van der Waals surface area contributed by atoms with Crippen molar-refractivity contribution in [3.63, 3.8) is 0 Å². The molecule has 0 aliphatic rings. The van der Waals surface area contributed by atoms with E-state index >= 15 is 0 Å². The minimum Gasteiger partial charge on any atom is -0.484 e. The molecule has 0 unspecified atom stereocenters. The maximum Gasteiger partial charge on any atom is 0.265 e. The SMILES string of the molecule is Cc1cccc(N(Cc2ccccc2)C(=O)COc2ccc(C(N)=O)cc2)c1. The van der Waals surface area contributed by atoms with Gasteiger partial charge in [-0.25, -0.2) is 0 Å². The molecule has 0 atom stereocenters. The molecule has 0 aliphatic carbocycles. The number of hydrogen-bond donors (Lipinski definition) is 1. The number of hydrogen-bond acceptors (Lipinski definition) is 3. The molecule has 28 heavy (non-hydrogen) atoms. The van der Waals surface area contributed by atoms with Crippen LogP contribution in [-0.2, 0) is 11.3 Å². The van der Waals surface area contributed by atoms with Gasteiger partial charge in [-0.1, -0.05) is 42.5 Å². The van der Waals surface area contributed by atoms with Gasteiger partial charge in [-0.3, -0.25) is 9.59 Å². The van der Waals surface area contributed by atoms with Crippen LogP contribution in [0.25, 0.3) is 0 Å². The molecule has 0 fully saturated rings. The molecule has 0 radical (unpaired) electrons. The third kappa shape index (κ3) is 4.98. The van der Waals surface area contributed by atoms with E-state index in [0.29, 0.717) is 17.9 Å². The summed E-state index contributed by atoms with van der Waals surface area (Å²) in [5.41, 5.74) is 8.55. The van der Waals surface area contributed by atoms with Crippen LogP contribution in [0.1, 0.15) is 21.5 Å². The maximum absolute atomic E-state index is 12.9. The molecule has 0 saturated heterocycles. The number of carbonyl (C=O) groups excluding carboxylic acids is 2. The van der Waals surface area contributed by atoms with E-state index < -0.39 is 5.91 Å². The predicted octanol–water partition coefficient (Wildman–Crippen LogP) is 3.71. The highest BCUT2D eigenvalue weighted by Crippen LogP contribution is 2.20. The van der Waals surface area contributed by atoms with Gasteiger partial charge in [0.1, 0.15) is 5.75 Å². The molecule has 0 heterocycles. The molecule has 0 bridgehead atoms. The van der Waals surface area contributed by atoms with Crippen molar-refractivity contribution in [2.24, 2.45) is 5.73 Å². The Kier molecular flexibility index (Phi) is 6.07. The van der Waals surface area contributed by atoms with Gasteiger partial charge in [-0.15, -0.1) is 0 Å². The number of rotatable bonds is 7. The number of amides is 2. The van der Waals surface area contributed by atoms with E-state index in [1.807, 2.05) is 61.5 Å². The lowest BCUT2D eigenvalue weighted by Crippen LogP contribution is -2.34. The number of carbonyl (C=O) groups is 2. The molecule has 0 aromatic heterocycles. The first-order valence-electron chi connectivity index (χ1n) is 8.96. The summed E-state index contributed by atoms with van der Waals surface area (Å²) < 4.78 is 5.63. The van der Waals surface area contributed by atoms with Crippen LogP contribution in [0.2, 0.25) is 0 Å². The Balaban J connectivity index is 1.75. The fourth-order valence-electron chi connectivity index (χ4n) is 2.82. The van der Waals surface area contributed by atoms with E-state index in [1.54, 1.807) is 29.2 Å². The Labute approximate surface area is 164 Å². The summed E-state index contributed by atoms with van der Waals surface area (Å²) in [5, 5.41) is 0. The third-order valence-electron chi connectivity index (χ3n) is 4.30. The highest BCUT2D eigenvalue weighted by molar-refractivity contribution is 5.94. The molecular weight excluding hydrogens is 352 g/mol. The molecule has 142 valence electrons. The lowest BCUT2D eigenvalue weighted by Gasteiger charge is -2.23. The van der Waals surface area contributed by atoms with E-state index in [0.717, 1.165) is 16.8 Å². The molecule has 5 heteroatoms. The van der Waals surface area contributed by atoms with Crippen LogP contribution in [0.5, 0.6) is 5.75 Å². The van der Waals surface area contributed by atoms with Crippen LogP contribution < -0.4 is 15.4 Å². The second-order valence-electron chi connectivity index (χ2n) is 6.48. The number of ether oxygens (including phenoxy) is 1. The quantitative estimate of drug-likeness (QED) is 0.685. The Morgan fingerprint density at radius 2 is 1.64 bits per heavy atom. The van der Waals surface area contributed by atoms with Crippen molar-refractivity contribution in [1.29, 1.82) is 0 Å². The van der Waals surface area contributed by atoms with Crippen molar-refractivity contribution in [1.82, 2.24) is 0 Å². The molecule has 2 N–H and O–H groups in total. The summed E-state index contributed by atoms with van der Waals surface area (Å²) in [6, 6.07) is 24.0. The van der Waals surface area contributed by atoms with Crippen molar-refractivity contribution in [2.45, 2.75) is 13.5 Å². The van der Waals surface area contributed by atoms with Crippen LogP contribution in [0.15, 0.2) is 78.9 Å². The molecule has 2 amide bonds. The smallest absolute Gasteiger partial charge is 0.265 e. The highest BCUT2D eigenvalue weighted by Gasteiger charge is 2.17. The van der Waals surface area contributed by atoms with Gasteiger partial charge in [-0.2, -0.15) is 0 Å². The standard InChI is InChI=1S/C23H22N2O3/c1-17-6-5-9-20(14-17)25(15-18-7-3-2-4-8-18)22(26)16-28-21-12-10-19(11-13-21)23(24)27/h2-14H,15-16H2,1H3,(H2,24,27). The average Bonchev–Trinajstić information content (AvgIpc) is 2.71. The van der Waals surface area contributed by atoms with E-state index in [2.05, 4.69) is 0 Å². The summed E-state index contributed by atoms with van der Waals surface area (Å²) in [6.07, 6.45) is 0. The zero-order valence-corrected chi connectivity index (χ0v) is 15.7. The Hall–Kier alpha value is -3.60. The van der Waals surface area contributed by atoms with Gasteiger partial charge in [0.2, 0.25) is 5.91 Å². The zero-order valence-electron chi connectivity index (χ0n) is 15.7. The van der Waals surface area contributed by atoms with Crippen molar-refractivity contribution < 1.29 is 14.3 Å². The van der Waals surface area contributed by atoms with E-state index in [1.165, 1.54) is 0 Å². The minimum absolute atomic E-state index is 0.114. The zero-order chi connectivity index (χ0) is 19.9. The van der Waals surface area contributed by atoms with Crippen molar-refractivity contribution in [2.75, 3.05) is 11.5 Å². The summed E-state index contributed by atoms with van der Waals surface area (Å²) >= 11 is 0. The molecule has 5 nitrogen and oxygen atoms in total. The first-order valence-corrected chi connectivity index (χ1v) is 8.96. The molecule has 0 saturated carbocycles. The normalized spacial score (nSPS) is 10.3. The van der Waals surface area contributed by atoms with Crippen LogP contribution >= 0.6 is 0 Å². The van der Waals surface area contributed by atoms with Crippen molar-refractivity contribution in [3.05, 3.63) is 95.6 Å². The molecule has 0 spiro atoms. The predicted molar refractivity (Wildman–Crippen MR) is 109 cm³/mol.